The SMILES string of the molecule is C=CCCc1c(-c2ccc(F)cc2)[nH]c2c(F)cc(F)cc12. The normalized spacial score (nSPS) is 11.0. The Balaban J connectivity index is 2.25. The molecule has 0 aliphatic heterocycles. The van der Waals surface area contributed by atoms with Crippen molar-refractivity contribution in [2.24, 2.45) is 0 Å². The van der Waals surface area contributed by atoms with Gasteiger partial charge in [0.25, 0.3) is 0 Å². The van der Waals surface area contributed by atoms with Crippen LogP contribution in [0.3, 0.4) is 0 Å². The molecule has 0 amide bonds. The second-order valence-electron chi connectivity index (χ2n) is 5.12. The lowest BCUT2D eigenvalue weighted by Crippen LogP contribution is -1.88. The molecule has 112 valence electrons. The number of hydrogen-bond donors (Lipinski definition) is 1. The Morgan fingerprint density at radius 2 is 1.73 bits per heavy atom. The summed E-state index contributed by atoms with van der Waals surface area (Å²) in [4.78, 5) is 3.01. The van der Waals surface area contributed by atoms with Gasteiger partial charge in [-0.2, -0.15) is 0 Å². The van der Waals surface area contributed by atoms with Gasteiger partial charge in [-0.1, -0.05) is 6.08 Å². The Morgan fingerprint density at radius 3 is 2.41 bits per heavy atom. The van der Waals surface area contributed by atoms with Gasteiger partial charge in [-0.05, 0) is 54.3 Å². The van der Waals surface area contributed by atoms with E-state index in [9.17, 15) is 13.2 Å². The minimum absolute atomic E-state index is 0.264. The summed E-state index contributed by atoms with van der Waals surface area (Å²) in [6.45, 7) is 3.68. The lowest BCUT2D eigenvalue weighted by atomic mass is 10.0. The molecule has 0 spiro atoms. The van der Waals surface area contributed by atoms with Crippen LogP contribution in [0.2, 0.25) is 0 Å². The fraction of sp³-hybridized carbons (Fsp3) is 0.111. The van der Waals surface area contributed by atoms with E-state index < -0.39 is 11.6 Å². The topological polar surface area (TPSA) is 15.8 Å². The fourth-order valence-electron chi connectivity index (χ4n) is 2.64. The lowest BCUT2D eigenvalue weighted by molar-refractivity contribution is 0.591. The average molecular weight is 301 g/mol. The van der Waals surface area contributed by atoms with Crippen LogP contribution in [0.25, 0.3) is 22.2 Å². The van der Waals surface area contributed by atoms with Crippen molar-refractivity contribution in [3.05, 3.63) is 72.1 Å². The quantitative estimate of drug-likeness (QED) is 0.623. The van der Waals surface area contributed by atoms with Crippen molar-refractivity contribution >= 4 is 10.9 Å². The molecule has 0 saturated carbocycles. The molecule has 0 atom stereocenters. The zero-order valence-electron chi connectivity index (χ0n) is 11.8. The molecular formula is C18H14F3N. The molecule has 0 saturated heterocycles. The zero-order chi connectivity index (χ0) is 15.7. The minimum Gasteiger partial charge on any atom is -0.352 e. The van der Waals surface area contributed by atoms with Gasteiger partial charge in [0.05, 0.1) is 5.52 Å². The van der Waals surface area contributed by atoms with E-state index in [0.29, 0.717) is 23.9 Å². The number of rotatable bonds is 4. The van der Waals surface area contributed by atoms with Gasteiger partial charge in [-0.15, -0.1) is 6.58 Å². The molecule has 0 radical (unpaired) electrons. The summed E-state index contributed by atoms with van der Waals surface area (Å²) in [7, 11) is 0. The maximum absolute atomic E-state index is 14.0. The molecule has 0 bridgehead atoms. The maximum atomic E-state index is 14.0. The van der Waals surface area contributed by atoms with Crippen molar-refractivity contribution in [3.8, 4) is 11.3 Å². The Hall–Kier alpha value is -2.49. The lowest BCUT2D eigenvalue weighted by Gasteiger charge is -2.04. The second-order valence-corrected chi connectivity index (χ2v) is 5.12. The summed E-state index contributed by atoms with van der Waals surface area (Å²) in [5, 5.41) is 0.513. The summed E-state index contributed by atoms with van der Waals surface area (Å²) >= 11 is 0. The van der Waals surface area contributed by atoms with E-state index in [0.717, 1.165) is 17.2 Å². The molecule has 2 aromatic carbocycles. The third-order valence-corrected chi connectivity index (χ3v) is 3.66. The smallest absolute Gasteiger partial charge is 0.150 e. The second kappa shape index (κ2) is 5.72. The molecule has 0 fully saturated rings. The van der Waals surface area contributed by atoms with E-state index in [2.05, 4.69) is 11.6 Å². The molecule has 3 rings (SSSR count). The van der Waals surface area contributed by atoms with Crippen LogP contribution in [0.15, 0.2) is 49.1 Å². The Morgan fingerprint density at radius 1 is 1.00 bits per heavy atom. The number of allylic oxidation sites excluding steroid dienone is 1. The van der Waals surface area contributed by atoms with Crippen LogP contribution in [0, 0.1) is 17.5 Å². The number of aromatic amines is 1. The third kappa shape index (κ3) is 2.52. The van der Waals surface area contributed by atoms with Crippen LogP contribution < -0.4 is 0 Å². The third-order valence-electron chi connectivity index (χ3n) is 3.66. The predicted octanol–water partition coefficient (Wildman–Crippen LogP) is 5.37. The van der Waals surface area contributed by atoms with Crippen LogP contribution in [-0.2, 0) is 6.42 Å². The van der Waals surface area contributed by atoms with Crippen molar-refractivity contribution in [1.82, 2.24) is 4.98 Å². The van der Waals surface area contributed by atoms with Crippen LogP contribution >= 0.6 is 0 Å². The van der Waals surface area contributed by atoms with Crippen LogP contribution in [-0.4, -0.2) is 4.98 Å². The first-order chi connectivity index (χ1) is 10.6. The molecule has 4 heteroatoms. The number of benzene rings is 2. The molecule has 0 aliphatic carbocycles. The first-order valence-electron chi connectivity index (χ1n) is 6.96. The van der Waals surface area contributed by atoms with E-state index in [1.807, 2.05) is 0 Å². The molecule has 1 N–H and O–H groups in total. The van der Waals surface area contributed by atoms with E-state index >= 15 is 0 Å². The molecule has 1 aromatic heterocycles. The molecule has 3 aromatic rings. The van der Waals surface area contributed by atoms with E-state index in [-0.39, 0.29) is 11.3 Å². The first kappa shape index (κ1) is 14.4. The molecule has 0 aliphatic rings. The summed E-state index contributed by atoms with van der Waals surface area (Å²) in [5.74, 6) is -1.59. The highest BCUT2D eigenvalue weighted by molar-refractivity contribution is 5.91. The highest BCUT2D eigenvalue weighted by atomic mass is 19.1. The van der Waals surface area contributed by atoms with Gasteiger partial charge in [-0.25, -0.2) is 13.2 Å². The number of H-pyrrole nitrogens is 1. The standard InChI is InChI=1S/C18H14F3N/c1-2-3-4-14-15-9-13(20)10-16(21)18(15)22-17(14)11-5-7-12(19)8-6-11/h2,5-10,22H,1,3-4H2. The number of nitrogens with one attached hydrogen (secondary N) is 1. The number of hydrogen-bond acceptors (Lipinski definition) is 0. The predicted molar refractivity (Wildman–Crippen MR) is 82.1 cm³/mol. The van der Waals surface area contributed by atoms with Gasteiger partial charge in [0.2, 0.25) is 0 Å². The highest BCUT2D eigenvalue weighted by Gasteiger charge is 2.16. The fourth-order valence-corrected chi connectivity index (χ4v) is 2.64. The average Bonchev–Trinajstić information content (AvgIpc) is 2.85. The van der Waals surface area contributed by atoms with Gasteiger partial charge in [0.15, 0.2) is 0 Å². The van der Waals surface area contributed by atoms with E-state index in [1.54, 1.807) is 18.2 Å². The summed E-state index contributed by atoms with van der Waals surface area (Å²) in [6.07, 6.45) is 3.03. The molecule has 1 nitrogen and oxygen atoms in total. The Kier molecular flexibility index (Phi) is 3.75. The van der Waals surface area contributed by atoms with E-state index in [4.69, 9.17) is 0 Å². The van der Waals surface area contributed by atoms with Gasteiger partial charge < -0.3 is 4.98 Å². The number of aryl methyl sites for hydroxylation is 1. The van der Waals surface area contributed by atoms with Crippen molar-refractivity contribution in [1.29, 1.82) is 0 Å². The largest absolute Gasteiger partial charge is 0.352 e. The first-order valence-corrected chi connectivity index (χ1v) is 6.96. The summed E-state index contributed by atoms with van der Waals surface area (Å²) in [6, 6.07) is 8.09. The monoisotopic (exact) mass is 301 g/mol. The Labute approximate surface area is 126 Å². The van der Waals surface area contributed by atoms with Crippen LogP contribution in [0.5, 0.6) is 0 Å². The van der Waals surface area contributed by atoms with Crippen molar-refractivity contribution < 1.29 is 13.2 Å². The highest BCUT2D eigenvalue weighted by Crippen LogP contribution is 2.33. The minimum atomic E-state index is -0.636. The van der Waals surface area contributed by atoms with Crippen molar-refractivity contribution in [2.75, 3.05) is 0 Å². The van der Waals surface area contributed by atoms with Crippen molar-refractivity contribution in [2.45, 2.75) is 12.8 Å². The summed E-state index contributed by atoms with van der Waals surface area (Å²) in [5.41, 5.74) is 2.48. The number of halogens is 3. The molecule has 22 heavy (non-hydrogen) atoms. The Bertz CT molecular complexity index is 832. The van der Waals surface area contributed by atoms with Gasteiger partial charge >= 0.3 is 0 Å². The number of aromatic nitrogens is 1. The van der Waals surface area contributed by atoms with Gasteiger partial charge in [-0.3, -0.25) is 0 Å². The van der Waals surface area contributed by atoms with Crippen molar-refractivity contribution in [3.63, 3.8) is 0 Å². The van der Waals surface area contributed by atoms with Crippen LogP contribution in [0.1, 0.15) is 12.0 Å². The molecular weight excluding hydrogens is 287 g/mol. The van der Waals surface area contributed by atoms with Gasteiger partial charge in [0.1, 0.15) is 17.5 Å². The summed E-state index contributed by atoms with van der Waals surface area (Å²) < 4.78 is 40.6. The maximum Gasteiger partial charge on any atom is 0.150 e. The van der Waals surface area contributed by atoms with Gasteiger partial charge in [0, 0.05) is 17.1 Å². The van der Waals surface area contributed by atoms with E-state index in [1.165, 1.54) is 18.2 Å². The molecule has 0 unspecified atom stereocenters. The molecule has 1 heterocycles. The zero-order valence-corrected chi connectivity index (χ0v) is 11.8. The number of fused-ring (bicyclic) bond motifs is 1. The van der Waals surface area contributed by atoms with Crippen LogP contribution in [0.4, 0.5) is 13.2 Å².